The van der Waals surface area contributed by atoms with E-state index in [9.17, 15) is 9.90 Å². The molecule has 1 unspecified atom stereocenters. The molecule has 2 N–H and O–H groups in total. The number of benzene rings is 1. The molecular formula is C17H23N3O2S. The van der Waals surface area contributed by atoms with Crippen molar-refractivity contribution in [2.24, 2.45) is 5.92 Å². The maximum absolute atomic E-state index is 12.4. The number of aromatic nitrogens is 2. The normalized spacial score (nSPS) is 12.4. The molecule has 1 atom stereocenters. The fourth-order valence-corrected chi connectivity index (χ4v) is 2.98. The van der Waals surface area contributed by atoms with E-state index in [-0.39, 0.29) is 18.6 Å². The summed E-state index contributed by atoms with van der Waals surface area (Å²) >= 11 is 1.55. The van der Waals surface area contributed by atoms with Crippen LogP contribution < -0.4 is 5.32 Å². The van der Waals surface area contributed by atoms with E-state index in [0.717, 1.165) is 17.3 Å². The molecule has 6 heteroatoms. The van der Waals surface area contributed by atoms with Gasteiger partial charge in [0.25, 0.3) is 5.91 Å². The third kappa shape index (κ3) is 4.59. The minimum Gasteiger partial charge on any atom is -0.394 e. The van der Waals surface area contributed by atoms with Crippen molar-refractivity contribution < 1.29 is 9.90 Å². The molecule has 0 aliphatic carbocycles. The second-order valence-electron chi connectivity index (χ2n) is 5.82. The number of hydrogen-bond donors (Lipinski definition) is 2. The first kappa shape index (κ1) is 17.6. The quantitative estimate of drug-likeness (QED) is 0.765. The maximum Gasteiger partial charge on any atom is 0.251 e. The van der Waals surface area contributed by atoms with Crippen LogP contribution in [0, 0.1) is 5.92 Å². The molecule has 5 nitrogen and oxygen atoms in total. The first-order chi connectivity index (χ1) is 11.0. The summed E-state index contributed by atoms with van der Waals surface area (Å²) in [5.74, 6) is 0.242. The summed E-state index contributed by atoms with van der Waals surface area (Å²) < 4.78 is 1.94. The highest BCUT2D eigenvalue weighted by Crippen LogP contribution is 2.19. The molecule has 0 radical (unpaired) electrons. The van der Waals surface area contributed by atoms with Crippen molar-refractivity contribution in [1.29, 1.82) is 0 Å². The van der Waals surface area contributed by atoms with Crippen molar-refractivity contribution in [2.75, 3.05) is 12.9 Å². The van der Waals surface area contributed by atoms with E-state index in [2.05, 4.69) is 24.1 Å². The van der Waals surface area contributed by atoms with Crippen molar-refractivity contribution in [3.05, 3.63) is 42.2 Å². The molecule has 1 aromatic heterocycles. The summed E-state index contributed by atoms with van der Waals surface area (Å²) in [5.41, 5.74) is 1.47. The molecule has 0 saturated heterocycles. The zero-order chi connectivity index (χ0) is 16.8. The Morgan fingerprint density at radius 1 is 1.43 bits per heavy atom. The highest BCUT2D eigenvalue weighted by molar-refractivity contribution is 7.98. The van der Waals surface area contributed by atoms with E-state index < -0.39 is 0 Å². The lowest BCUT2D eigenvalue weighted by molar-refractivity contribution is 0.0908. The molecule has 0 aliphatic heterocycles. The number of carbonyl (C=O) groups is 1. The van der Waals surface area contributed by atoms with Gasteiger partial charge in [-0.15, -0.1) is 0 Å². The van der Waals surface area contributed by atoms with Crippen molar-refractivity contribution in [3.63, 3.8) is 0 Å². The molecule has 124 valence electrons. The smallest absolute Gasteiger partial charge is 0.251 e. The van der Waals surface area contributed by atoms with E-state index in [1.807, 2.05) is 35.2 Å². The number of aliphatic hydroxyl groups is 1. The molecule has 0 aliphatic rings. The van der Waals surface area contributed by atoms with Gasteiger partial charge in [-0.2, -0.15) is 0 Å². The second kappa shape index (κ2) is 8.17. The summed E-state index contributed by atoms with van der Waals surface area (Å²) in [5, 5.41) is 13.2. The zero-order valence-electron chi connectivity index (χ0n) is 13.7. The number of nitrogens with one attached hydrogen (secondary N) is 1. The Labute approximate surface area is 141 Å². The molecule has 1 amide bonds. The van der Waals surface area contributed by atoms with Crippen molar-refractivity contribution >= 4 is 17.7 Å². The molecule has 1 aromatic carbocycles. The van der Waals surface area contributed by atoms with Crippen LogP contribution in [0.5, 0.6) is 0 Å². The largest absolute Gasteiger partial charge is 0.394 e. The number of carbonyl (C=O) groups excluding carboxylic acids is 1. The lowest BCUT2D eigenvalue weighted by Gasteiger charge is -2.18. The van der Waals surface area contributed by atoms with Crippen LogP contribution >= 0.6 is 11.8 Å². The second-order valence-corrected chi connectivity index (χ2v) is 6.59. The average molecular weight is 333 g/mol. The van der Waals surface area contributed by atoms with Gasteiger partial charge < -0.3 is 10.4 Å². The number of aliphatic hydroxyl groups excluding tert-OH is 1. The van der Waals surface area contributed by atoms with Gasteiger partial charge in [0.05, 0.1) is 12.6 Å². The first-order valence-electron chi connectivity index (χ1n) is 7.64. The van der Waals surface area contributed by atoms with Crippen molar-refractivity contribution in [1.82, 2.24) is 14.9 Å². The van der Waals surface area contributed by atoms with Gasteiger partial charge in [0, 0.05) is 23.6 Å². The van der Waals surface area contributed by atoms with Crippen LogP contribution in [0.25, 0.3) is 5.69 Å². The zero-order valence-corrected chi connectivity index (χ0v) is 14.5. The van der Waals surface area contributed by atoms with Crippen LogP contribution in [0.4, 0.5) is 0 Å². The van der Waals surface area contributed by atoms with Crippen LogP contribution in [0.15, 0.2) is 41.8 Å². The molecule has 23 heavy (non-hydrogen) atoms. The van der Waals surface area contributed by atoms with Gasteiger partial charge in [-0.05, 0) is 36.8 Å². The lowest BCUT2D eigenvalue weighted by Crippen LogP contribution is -2.38. The third-order valence-electron chi connectivity index (χ3n) is 3.49. The summed E-state index contributed by atoms with van der Waals surface area (Å²) in [4.78, 5) is 16.7. The summed E-state index contributed by atoms with van der Waals surface area (Å²) in [7, 11) is 0. The fraction of sp³-hybridized carbons (Fsp3) is 0.412. The van der Waals surface area contributed by atoms with E-state index in [0.29, 0.717) is 11.5 Å². The maximum atomic E-state index is 12.4. The Bertz CT molecular complexity index is 655. The predicted octanol–water partition coefficient (Wildman–Crippen LogP) is 2.73. The molecular weight excluding hydrogens is 310 g/mol. The van der Waals surface area contributed by atoms with E-state index >= 15 is 0 Å². The van der Waals surface area contributed by atoms with Gasteiger partial charge in [0.15, 0.2) is 5.16 Å². The first-order valence-corrected chi connectivity index (χ1v) is 8.87. The lowest BCUT2D eigenvalue weighted by atomic mass is 10.0. The molecule has 1 heterocycles. The Kier molecular flexibility index (Phi) is 6.24. The molecule has 0 spiro atoms. The molecule has 0 fully saturated rings. The van der Waals surface area contributed by atoms with Crippen LogP contribution in [-0.4, -0.2) is 39.5 Å². The van der Waals surface area contributed by atoms with E-state index in [1.165, 1.54) is 0 Å². The van der Waals surface area contributed by atoms with Gasteiger partial charge in [-0.25, -0.2) is 4.98 Å². The minimum atomic E-state index is -0.221. The van der Waals surface area contributed by atoms with E-state index in [1.54, 1.807) is 24.0 Å². The number of nitrogens with zero attached hydrogens (tertiary/aromatic N) is 2. The van der Waals surface area contributed by atoms with Crippen LogP contribution in [0.1, 0.15) is 30.6 Å². The highest BCUT2D eigenvalue weighted by Gasteiger charge is 2.15. The van der Waals surface area contributed by atoms with Gasteiger partial charge in [-0.1, -0.05) is 31.7 Å². The van der Waals surface area contributed by atoms with Gasteiger partial charge in [-0.3, -0.25) is 9.36 Å². The monoisotopic (exact) mass is 333 g/mol. The Balaban J connectivity index is 2.17. The topological polar surface area (TPSA) is 67.2 Å². The summed E-state index contributed by atoms with van der Waals surface area (Å²) in [6, 6.07) is 7.18. The Morgan fingerprint density at radius 2 is 2.22 bits per heavy atom. The van der Waals surface area contributed by atoms with Crippen molar-refractivity contribution in [3.8, 4) is 5.69 Å². The van der Waals surface area contributed by atoms with Crippen LogP contribution in [-0.2, 0) is 0 Å². The third-order valence-corrected chi connectivity index (χ3v) is 4.15. The molecule has 0 saturated carbocycles. The molecule has 2 aromatic rings. The average Bonchev–Trinajstić information content (AvgIpc) is 3.02. The SMILES string of the molecule is CSc1nccn1-c1cccc(C(=O)NC(CO)CC(C)C)c1. The Morgan fingerprint density at radius 3 is 2.87 bits per heavy atom. The molecule has 0 bridgehead atoms. The van der Waals surface area contributed by atoms with Gasteiger partial charge in [0.1, 0.15) is 0 Å². The van der Waals surface area contributed by atoms with Crippen molar-refractivity contribution in [2.45, 2.75) is 31.5 Å². The summed E-state index contributed by atoms with van der Waals surface area (Å²) in [6.07, 6.45) is 6.33. The summed E-state index contributed by atoms with van der Waals surface area (Å²) in [6.45, 7) is 4.08. The molecule has 2 rings (SSSR count). The number of rotatable bonds is 7. The van der Waals surface area contributed by atoms with Gasteiger partial charge in [0.2, 0.25) is 0 Å². The number of hydrogen-bond acceptors (Lipinski definition) is 4. The van der Waals surface area contributed by atoms with E-state index in [4.69, 9.17) is 0 Å². The van der Waals surface area contributed by atoms with Crippen LogP contribution in [0.2, 0.25) is 0 Å². The van der Waals surface area contributed by atoms with Gasteiger partial charge >= 0.3 is 0 Å². The fourth-order valence-electron chi connectivity index (χ4n) is 2.45. The van der Waals surface area contributed by atoms with Crippen LogP contribution in [0.3, 0.4) is 0 Å². The number of amides is 1. The number of thioether (sulfide) groups is 1. The highest BCUT2D eigenvalue weighted by atomic mass is 32.2. The minimum absolute atomic E-state index is 0.0538. The standard InChI is InChI=1S/C17H23N3O2S/c1-12(2)9-14(11-21)19-16(22)13-5-4-6-15(10-13)20-8-7-18-17(20)23-3/h4-8,10,12,14,21H,9,11H2,1-3H3,(H,19,22). The predicted molar refractivity (Wildman–Crippen MR) is 93.1 cm³/mol. The Hall–Kier alpha value is -1.79. The number of imidazole rings is 1.